The van der Waals surface area contributed by atoms with Crippen molar-refractivity contribution in [1.82, 2.24) is 10.6 Å². The number of ether oxygens (including phenoxy) is 1. The number of hydrogen-bond acceptors (Lipinski definition) is 4. The molecule has 0 heterocycles. The minimum absolute atomic E-state index is 0.0227. The van der Waals surface area contributed by atoms with Crippen molar-refractivity contribution < 1.29 is 14.3 Å². The van der Waals surface area contributed by atoms with Crippen LogP contribution in [0.5, 0.6) is 0 Å². The Morgan fingerprint density at radius 3 is 2.59 bits per heavy atom. The van der Waals surface area contributed by atoms with Gasteiger partial charge in [-0.05, 0) is 25.5 Å². The van der Waals surface area contributed by atoms with Gasteiger partial charge in [-0.1, -0.05) is 17.7 Å². The lowest BCUT2D eigenvalue weighted by Gasteiger charge is -2.08. The maximum atomic E-state index is 12.2. The number of Topliss-reactive ketones (excluding diaryl/α,β-unsaturated/α-hetero) is 1. The Hall–Kier alpha value is -1.72. The highest BCUT2D eigenvalue weighted by Crippen LogP contribution is 2.13. The summed E-state index contributed by atoms with van der Waals surface area (Å²) in [5, 5.41) is 5.94. The lowest BCUT2D eigenvalue weighted by molar-refractivity contribution is -0.121. The van der Waals surface area contributed by atoms with Crippen LogP contribution in [-0.4, -0.2) is 45.0 Å². The fourth-order valence-electron chi connectivity index (χ4n) is 2.08. The fraction of sp³-hybridized carbons (Fsp3) is 0.529. The molecule has 1 aromatic rings. The molecule has 0 fully saturated rings. The minimum atomic E-state index is -0.0906. The number of amides is 1. The predicted octanol–water partition coefficient (Wildman–Crippen LogP) is 1.62. The van der Waals surface area contributed by atoms with Crippen molar-refractivity contribution in [3.8, 4) is 0 Å². The van der Waals surface area contributed by atoms with Gasteiger partial charge in [-0.15, -0.1) is 0 Å². The summed E-state index contributed by atoms with van der Waals surface area (Å²) in [6.45, 7) is 6.54. The lowest BCUT2D eigenvalue weighted by Crippen LogP contribution is -2.33. The monoisotopic (exact) mass is 306 g/mol. The van der Waals surface area contributed by atoms with E-state index in [-0.39, 0.29) is 24.5 Å². The van der Waals surface area contributed by atoms with Gasteiger partial charge in [-0.25, -0.2) is 0 Å². The van der Waals surface area contributed by atoms with Gasteiger partial charge in [-0.2, -0.15) is 0 Å². The molecule has 5 heteroatoms. The van der Waals surface area contributed by atoms with E-state index in [1.807, 2.05) is 32.0 Å². The fourth-order valence-corrected chi connectivity index (χ4v) is 2.08. The van der Waals surface area contributed by atoms with Gasteiger partial charge < -0.3 is 15.4 Å². The Kier molecular flexibility index (Phi) is 8.40. The first kappa shape index (κ1) is 18.3. The molecule has 1 amide bonds. The van der Waals surface area contributed by atoms with E-state index < -0.39 is 0 Å². The number of aryl methyl sites for hydroxylation is 2. The second kappa shape index (κ2) is 10.1. The number of nitrogens with one attached hydrogen (secondary N) is 2. The van der Waals surface area contributed by atoms with Crippen LogP contribution in [0.2, 0.25) is 0 Å². The van der Waals surface area contributed by atoms with Crippen LogP contribution >= 0.6 is 0 Å². The number of benzene rings is 1. The van der Waals surface area contributed by atoms with Crippen molar-refractivity contribution in [2.75, 3.05) is 33.4 Å². The minimum Gasteiger partial charge on any atom is -0.383 e. The average molecular weight is 306 g/mol. The highest BCUT2D eigenvalue weighted by atomic mass is 16.5. The number of carbonyl (C=O) groups excluding carboxylic acids is 2. The molecule has 122 valence electrons. The molecule has 0 aliphatic heterocycles. The van der Waals surface area contributed by atoms with Gasteiger partial charge in [0.05, 0.1) is 6.61 Å². The molecule has 0 unspecified atom stereocenters. The van der Waals surface area contributed by atoms with Crippen molar-refractivity contribution >= 4 is 11.7 Å². The third kappa shape index (κ3) is 6.83. The Morgan fingerprint density at radius 2 is 1.86 bits per heavy atom. The number of methoxy groups -OCH3 is 1. The van der Waals surface area contributed by atoms with Gasteiger partial charge in [0.1, 0.15) is 0 Å². The van der Waals surface area contributed by atoms with Gasteiger partial charge >= 0.3 is 0 Å². The SMILES string of the molecule is COCCNCCNC(=O)CCC(=O)c1cc(C)ccc1C. The summed E-state index contributed by atoms with van der Waals surface area (Å²) in [5.41, 5.74) is 2.73. The zero-order chi connectivity index (χ0) is 16.4. The molecule has 0 aromatic heterocycles. The molecule has 2 N–H and O–H groups in total. The van der Waals surface area contributed by atoms with Crippen molar-refractivity contribution in [3.63, 3.8) is 0 Å². The van der Waals surface area contributed by atoms with Gasteiger partial charge in [0.15, 0.2) is 5.78 Å². The van der Waals surface area contributed by atoms with Crippen molar-refractivity contribution in [3.05, 3.63) is 34.9 Å². The molecular weight excluding hydrogens is 280 g/mol. The smallest absolute Gasteiger partial charge is 0.220 e. The first-order valence-corrected chi connectivity index (χ1v) is 7.61. The van der Waals surface area contributed by atoms with Crippen molar-refractivity contribution in [2.45, 2.75) is 26.7 Å². The molecule has 0 aliphatic carbocycles. The van der Waals surface area contributed by atoms with E-state index in [2.05, 4.69) is 10.6 Å². The van der Waals surface area contributed by atoms with E-state index >= 15 is 0 Å². The maximum absolute atomic E-state index is 12.2. The van der Waals surface area contributed by atoms with Gasteiger partial charge in [0.2, 0.25) is 5.91 Å². The van der Waals surface area contributed by atoms with E-state index in [1.54, 1.807) is 7.11 Å². The first-order valence-electron chi connectivity index (χ1n) is 7.61. The second-order valence-corrected chi connectivity index (χ2v) is 5.33. The molecule has 1 rings (SSSR count). The van der Waals surface area contributed by atoms with Gasteiger partial charge in [-0.3, -0.25) is 9.59 Å². The summed E-state index contributed by atoms with van der Waals surface area (Å²) in [6.07, 6.45) is 0.470. The first-order chi connectivity index (χ1) is 10.5. The third-order valence-corrected chi connectivity index (χ3v) is 3.38. The molecular formula is C17H26N2O3. The van der Waals surface area contributed by atoms with Crippen LogP contribution in [0.4, 0.5) is 0 Å². The molecule has 0 atom stereocenters. The third-order valence-electron chi connectivity index (χ3n) is 3.38. The zero-order valence-electron chi connectivity index (χ0n) is 13.7. The van der Waals surface area contributed by atoms with Gasteiger partial charge in [0.25, 0.3) is 0 Å². The van der Waals surface area contributed by atoms with E-state index in [9.17, 15) is 9.59 Å². The summed E-state index contributed by atoms with van der Waals surface area (Å²) < 4.78 is 4.91. The van der Waals surface area contributed by atoms with Crippen LogP contribution in [0.25, 0.3) is 0 Å². The highest BCUT2D eigenvalue weighted by molar-refractivity contribution is 5.99. The van der Waals surface area contributed by atoms with E-state index in [0.717, 1.165) is 17.7 Å². The molecule has 0 aliphatic rings. The van der Waals surface area contributed by atoms with E-state index in [1.165, 1.54) is 0 Å². The summed E-state index contributed by atoms with van der Waals surface area (Å²) >= 11 is 0. The van der Waals surface area contributed by atoms with Crippen LogP contribution in [0, 0.1) is 13.8 Å². The number of rotatable bonds is 10. The molecule has 5 nitrogen and oxygen atoms in total. The topological polar surface area (TPSA) is 67.4 Å². The Labute approximate surface area is 132 Å². The molecule has 1 aromatic carbocycles. The van der Waals surface area contributed by atoms with E-state index in [4.69, 9.17) is 4.74 Å². The van der Waals surface area contributed by atoms with Crippen LogP contribution in [0.15, 0.2) is 18.2 Å². The van der Waals surface area contributed by atoms with Crippen LogP contribution in [-0.2, 0) is 9.53 Å². The number of carbonyl (C=O) groups is 2. The van der Waals surface area contributed by atoms with Crippen LogP contribution in [0.3, 0.4) is 0 Å². The second-order valence-electron chi connectivity index (χ2n) is 5.33. The van der Waals surface area contributed by atoms with Crippen molar-refractivity contribution in [1.29, 1.82) is 0 Å². The quantitative estimate of drug-likeness (QED) is 0.509. The zero-order valence-corrected chi connectivity index (χ0v) is 13.7. The van der Waals surface area contributed by atoms with Crippen LogP contribution < -0.4 is 10.6 Å². The summed E-state index contributed by atoms with van der Waals surface area (Å²) in [7, 11) is 1.65. The number of hydrogen-bond donors (Lipinski definition) is 2. The largest absolute Gasteiger partial charge is 0.383 e. The summed E-state index contributed by atoms with van der Waals surface area (Å²) in [6, 6.07) is 5.80. The Morgan fingerprint density at radius 1 is 1.09 bits per heavy atom. The normalized spacial score (nSPS) is 10.5. The molecule has 0 spiro atoms. The van der Waals surface area contributed by atoms with Crippen LogP contribution in [0.1, 0.15) is 34.3 Å². The predicted molar refractivity (Wildman–Crippen MR) is 87.2 cm³/mol. The Bertz CT molecular complexity index is 501. The maximum Gasteiger partial charge on any atom is 0.220 e. The standard InChI is InChI=1S/C17H26N2O3/c1-13-4-5-14(2)15(12-13)16(20)6-7-17(21)19-9-8-18-10-11-22-3/h4-5,12,18H,6-11H2,1-3H3,(H,19,21). The summed E-state index contributed by atoms with van der Waals surface area (Å²) in [5.74, 6) is -0.0678. The molecule has 0 saturated carbocycles. The molecule has 0 bridgehead atoms. The molecule has 0 radical (unpaired) electrons. The summed E-state index contributed by atoms with van der Waals surface area (Å²) in [4.78, 5) is 23.9. The molecule has 22 heavy (non-hydrogen) atoms. The lowest BCUT2D eigenvalue weighted by atomic mass is 9.99. The van der Waals surface area contributed by atoms with Gasteiger partial charge in [0, 0.05) is 45.1 Å². The highest BCUT2D eigenvalue weighted by Gasteiger charge is 2.11. The van der Waals surface area contributed by atoms with E-state index in [0.29, 0.717) is 25.3 Å². The molecule has 0 saturated heterocycles. The number of ketones is 1. The van der Waals surface area contributed by atoms with Crippen molar-refractivity contribution in [2.24, 2.45) is 0 Å². The average Bonchev–Trinajstić information content (AvgIpc) is 2.50. The Balaban J connectivity index is 2.26.